The molecule has 1 amide bonds. The lowest BCUT2D eigenvalue weighted by atomic mass is 10.1. The van der Waals surface area contributed by atoms with Gasteiger partial charge >= 0.3 is 0 Å². The van der Waals surface area contributed by atoms with Crippen LogP contribution in [0.15, 0.2) is 48.7 Å². The Labute approximate surface area is 224 Å². The molecular weight excluding hydrogens is 476 g/mol. The topological polar surface area (TPSA) is 75.5 Å². The van der Waals surface area contributed by atoms with E-state index in [1.54, 1.807) is 6.07 Å². The SMILES string of the molecule is CCc1nc(Oc2cc(C(=O)Nc3ccc(CN4CCN(C)CC4)c(C)c3)ccc2C)c2c(ccn2C)n1. The zero-order valence-corrected chi connectivity index (χ0v) is 22.9. The minimum absolute atomic E-state index is 0.179. The summed E-state index contributed by atoms with van der Waals surface area (Å²) in [7, 11) is 4.11. The predicted octanol–water partition coefficient (Wildman–Crippen LogP) is 4.94. The summed E-state index contributed by atoms with van der Waals surface area (Å²) in [5.74, 6) is 1.63. The van der Waals surface area contributed by atoms with Crippen LogP contribution in [0.5, 0.6) is 11.6 Å². The number of nitrogens with zero attached hydrogens (tertiary/aromatic N) is 5. The van der Waals surface area contributed by atoms with Gasteiger partial charge in [-0.15, -0.1) is 0 Å². The van der Waals surface area contributed by atoms with Crippen LogP contribution in [0, 0.1) is 13.8 Å². The summed E-state index contributed by atoms with van der Waals surface area (Å²) in [6, 6.07) is 13.6. The summed E-state index contributed by atoms with van der Waals surface area (Å²) in [5.41, 5.74) is 6.36. The maximum absolute atomic E-state index is 13.2. The fraction of sp³-hybridized carbons (Fsp3) is 0.367. The molecule has 38 heavy (non-hydrogen) atoms. The predicted molar refractivity (Wildman–Crippen MR) is 151 cm³/mol. The molecule has 0 aliphatic carbocycles. The molecule has 0 atom stereocenters. The van der Waals surface area contributed by atoms with Gasteiger partial charge in [-0.1, -0.05) is 19.1 Å². The van der Waals surface area contributed by atoms with Gasteiger partial charge in [-0.05, 0) is 67.9 Å². The van der Waals surface area contributed by atoms with Crippen LogP contribution in [0.2, 0.25) is 0 Å². The van der Waals surface area contributed by atoms with Crippen molar-refractivity contribution in [2.75, 3.05) is 38.5 Å². The monoisotopic (exact) mass is 512 g/mol. The van der Waals surface area contributed by atoms with Crippen molar-refractivity contribution in [3.8, 4) is 11.6 Å². The number of hydrogen-bond donors (Lipinski definition) is 1. The van der Waals surface area contributed by atoms with Crippen LogP contribution in [0.3, 0.4) is 0 Å². The number of hydrogen-bond acceptors (Lipinski definition) is 6. The molecule has 1 N–H and O–H groups in total. The highest BCUT2D eigenvalue weighted by Crippen LogP contribution is 2.31. The number of amides is 1. The van der Waals surface area contributed by atoms with E-state index in [0.717, 1.165) is 60.8 Å². The minimum atomic E-state index is -0.179. The van der Waals surface area contributed by atoms with Gasteiger partial charge in [0, 0.05) is 63.6 Å². The second-order valence-corrected chi connectivity index (χ2v) is 10.2. The quantitative estimate of drug-likeness (QED) is 0.378. The molecule has 0 saturated carbocycles. The molecule has 1 aliphatic rings. The van der Waals surface area contributed by atoms with Crippen molar-refractivity contribution < 1.29 is 9.53 Å². The summed E-state index contributed by atoms with van der Waals surface area (Å²) in [5, 5.41) is 3.05. The first-order chi connectivity index (χ1) is 18.3. The highest BCUT2D eigenvalue weighted by molar-refractivity contribution is 6.04. The Morgan fingerprint density at radius 2 is 1.76 bits per heavy atom. The molecular formula is C30H36N6O2. The molecule has 1 fully saturated rings. The maximum Gasteiger partial charge on any atom is 0.255 e. The molecule has 0 radical (unpaired) electrons. The number of ether oxygens (including phenoxy) is 1. The Hall–Kier alpha value is -3.75. The summed E-state index contributed by atoms with van der Waals surface area (Å²) in [6.45, 7) is 11.4. The van der Waals surface area contributed by atoms with Crippen molar-refractivity contribution in [1.82, 2.24) is 24.3 Å². The van der Waals surface area contributed by atoms with Gasteiger partial charge < -0.3 is 19.5 Å². The van der Waals surface area contributed by atoms with Gasteiger partial charge in [0.15, 0.2) is 0 Å². The molecule has 4 aromatic rings. The van der Waals surface area contributed by atoms with Crippen LogP contribution >= 0.6 is 0 Å². The Bertz CT molecular complexity index is 1470. The van der Waals surface area contributed by atoms with Crippen LogP contribution in [-0.4, -0.2) is 63.5 Å². The normalized spacial score (nSPS) is 14.7. The number of carbonyl (C=O) groups excluding carboxylic acids is 1. The highest BCUT2D eigenvalue weighted by Gasteiger charge is 2.17. The minimum Gasteiger partial charge on any atom is -0.437 e. The molecule has 3 heterocycles. The van der Waals surface area contributed by atoms with Crippen molar-refractivity contribution in [2.45, 2.75) is 33.7 Å². The number of aromatic nitrogens is 3. The van der Waals surface area contributed by atoms with Gasteiger partial charge in [-0.25, -0.2) is 4.98 Å². The average Bonchev–Trinajstić information content (AvgIpc) is 3.28. The summed E-state index contributed by atoms with van der Waals surface area (Å²) < 4.78 is 8.25. The summed E-state index contributed by atoms with van der Waals surface area (Å²) in [6.07, 6.45) is 2.65. The number of benzene rings is 2. The third-order valence-corrected chi connectivity index (χ3v) is 7.30. The van der Waals surface area contributed by atoms with E-state index < -0.39 is 0 Å². The molecule has 1 saturated heterocycles. The Morgan fingerprint density at radius 1 is 0.974 bits per heavy atom. The number of carbonyl (C=O) groups is 1. The molecule has 8 nitrogen and oxygen atoms in total. The highest BCUT2D eigenvalue weighted by atomic mass is 16.5. The molecule has 1 aliphatic heterocycles. The van der Waals surface area contributed by atoms with Gasteiger partial charge in [-0.3, -0.25) is 9.69 Å². The van der Waals surface area contributed by atoms with Crippen LogP contribution in [-0.2, 0) is 20.0 Å². The maximum atomic E-state index is 13.2. The van der Waals surface area contributed by atoms with Gasteiger partial charge in [0.25, 0.3) is 5.91 Å². The second kappa shape index (κ2) is 10.9. The third-order valence-electron chi connectivity index (χ3n) is 7.30. The van der Waals surface area contributed by atoms with E-state index in [4.69, 9.17) is 4.74 Å². The molecule has 0 bridgehead atoms. The number of piperazine rings is 1. The van der Waals surface area contributed by atoms with Gasteiger partial charge in [0.05, 0.1) is 5.52 Å². The molecule has 0 unspecified atom stereocenters. The van der Waals surface area contributed by atoms with Crippen molar-refractivity contribution >= 4 is 22.6 Å². The molecule has 0 spiro atoms. The van der Waals surface area contributed by atoms with Crippen molar-refractivity contribution in [2.24, 2.45) is 7.05 Å². The van der Waals surface area contributed by atoms with E-state index in [9.17, 15) is 4.79 Å². The Morgan fingerprint density at radius 3 is 2.50 bits per heavy atom. The molecule has 2 aromatic carbocycles. The molecule has 5 rings (SSSR count). The van der Waals surface area contributed by atoms with E-state index in [0.29, 0.717) is 23.6 Å². The fourth-order valence-electron chi connectivity index (χ4n) is 4.79. The second-order valence-electron chi connectivity index (χ2n) is 10.2. The lowest BCUT2D eigenvalue weighted by Crippen LogP contribution is -2.43. The van der Waals surface area contributed by atoms with E-state index in [-0.39, 0.29) is 5.91 Å². The average molecular weight is 513 g/mol. The van der Waals surface area contributed by atoms with Crippen molar-refractivity contribution in [1.29, 1.82) is 0 Å². The standard InChI is InChI=1S/C30H36N6O2/c1-6-27-32-25-11-12-35(5)28(25)30(33-27)38-26-18-22(8-7-20(26)2)29(37)31-24-10-9-23(21(3)17-24)19-36-15-13-34(4)14-16-36/h7-12,17-18H,6,13-16,19H2,1-5H3,(H,31,37). The van der Waals surface area contributed by atoms with Crippen LogP contribution < -0.4 is 10.1 Å². The van der Waals surface area contributed by atoms with E-state index in [1.807, 2.05) is 62.0 Å². The van der Waals surface area contributed by atoms with Gasteiger partial charge in [0.2, 0.25) is 5.88 Å². The zero-order valence-electron chi connectivity index (χ0n) is 22.9. The third kappa shape index (κ3) is 5.56. The lowest BCUT2D eigenvalue weighted by Gasteiger charge is -2.32. The van der Waals surface area contributed by atoms with Crippen LogP contribution in [0.4, 0.5) is 5.69 Å². The lowest BCUT2D eigenvalue weighted by molar-refractivity contribution is 0.102. The molecule has 198 valence electrons. The van der Waals surface area contributed by atoms with Crippen LogP contribution in [0.25, 0.3) is 11.0 Å². The number of fused-ring (bicyclic) bond motifs is 1. The fourth-order valence-corrected chi connectivity index (χ4v) is 4.79. The number of anilines is 1. The number of aryl methyl sites for hydroxylation is 4. The van der Waals surface area contributed by atoms with Gasteiger partial charge in [-0.2, -0.15) is 4.98 Å². The number of rotatable bonds is 7. The largest absolute Gasteiger partial charge is 0.437 e. The number of likely N-dealkylation sites (N-methyl/N-ethyl adjacent to an activating group) is 1. The van der Waals surface area contributed by atoms with Crippen molar-refractivity contribution in [3.63, 3.8) is 0 Å². The molecule has 8 heteroatoms. The Balaban J connectivity index is 1.32. The first-order valence-corrected chi connectivity index (χ1v) is 13.2. The smallest absolute Gasteiger partial charge is 0.255 e. The van der Waals surface area contributed by atoms with Crippen LogP contribution in [0.1, 0.15) is 39.8 Å². The summed E-state index contributed by atoms with van der Waals surface area (Å²) in [4.78, 5) is 27.3. The number of nitrogens with one attached hydrogen (secondary N) is 1. The zero-order chi connectivity index (χ0) is 26.8. The van der Waals surface area contributed by atoms with Crippen molar-refractivity contribution in [3.05, 3.63) is 76.7 Å². The van der Waals surface area contributed by atoms with E-state index in [2.05, 4.69) is 45.1 Å². The van der Waals surface area contributed by atoms with Gasteiger partial charge in [0.1, 0.15) is 17.1 Å². The van der Waals surface area contributed by atoms with E-state index in [1.165, 1.54) is 11.1 Å². The summed E-state index contributed by atoms with van der Waals surface area (Å²) >= 11 is 0. The Kier molecular flexibility index (Phi) is 7.44. The first kappa shape index (κ1) is 25.9. The van der Waals surface area contributed by atoms with E-state index >= 15 is 0 Å². The molecule has 2 aromatic heterocycles. The first-order valence-electron chi connectivity index (χ1n) is 13.2.